The lowest BCUT2D eigenvalue weighted by molar-refractivity contribution is 0.248. The molecular formula is C12H25NO. The molecule has 1 rings (SSSR count). The summed E-state index contributed by atoms with van der Waals surface area (Å²) in [4.78, 5) is 0. The molecule has 1 saturated carbocycles. The van der Waals surface area contributed by atoms with Gasteiger partial charge in [0, 0.05) is 6.61 Å². The lowest BCUT2D eigenvalue weighted by atomic mass is 9.80. The maximum absolute atomic E-state index is 8.64. The van der Waals surface area contributed by atoms with E-state index in [-0.39, 0.29) is 0 Å². The van der Waals surface area contributed by atoms with Crippen LogP contribution in [-0.4, -0.2) is 24.8 Å². The number of aliphatic hydroxyl groups is 1. The van der Waals surface area contributed by atoms with Crippen LogP contribution in [0, 0.1) is 11.8 Å². The summed E-state index contributed by atoms with van der Waals surface area (Å²) in [5.41, 5.74) is 0. The molecule has 2 N–H and O–H groups in total. The van der Waals surface area contributed by atoms with E-state index < -0.39 is 0 Å². The van der Waals surface area contributed by atoms with Gasteiger partial charge in [-0.3, -0.25) is 0 Å². The maximum Gasteiger partial charge on any atom is 0.0443 e. The first kappa shape index (κ1) is 12.0. The van der Waals surface area contributed by atoms with Gasteiger partial charge < -0.3 is 10.4 Å². The van der Waals surface area contributed by atoms with Gasteiger partial charge >= 0.3 is 0 Å². The summed E-state index contributed by atoms with van der Waals surface area (Å²) in [5.74, 6) is 1.88. The Bertz CT molecular complexity index is 138. The van der Waals surface area contributed by atoms with Crippen molar-refractivity contribution < 1.29 is 5.11 Å². The van der Waals surface area contributed by atoms with Crippen LogP contribution < -0.4 is 5.32 Å². The van der Waals surface area contributed by atoms with Crippen LogP contribution in [0.5, 0.6) is 0 Å². The second-order valence-electron chi connectivity index (χ2n) is 4.59. The molecule has 0 bridgehead atoms. The Hall–Kier alpha value is -0.0800. The topological polar surface area (TPSA) is 32.3 Å². The average molecular weight is 199 g/mol. The molecule has 0 aromatic rings. The van der Waals surface area contributed by atoms with E-state index in [1.54, 1.807) is 0 Å². The predicted molar refractivity (Wildman–Crippen MR) is 60.3 cm³/mol. The van der Waals surface area contributed by atoms with Gasteiger partial charge in [-0.2, -0.15) is 0 Å². The van der Waals surface area contributed by atoms with Crippen molar-refractivity contribution in [1.29, 1.82) is 0 Å². The first-order valence-electron chi connectivity index (χ1n) is 6.18. The van der Waals surface area contributed by atoms with E-state index in [2.05, 4.69) is 12.2 Å². The highest BCUT2D eigenvalue weighted by Gasteiger charge is 2.19. The Balaban J connectivity index is 2.05. The molecule has 0 radical (unpaired) electrons. The van der Waals surface area contributed by atoms with Crippen molar-refractivity contribution >= 4 is 0 Å². The zero-order valence-electron chi connectivity index (χ0n) is 9.47. The smallest absolute Gasteiger partial charge is 0.0443 e. The van der Waals surface area contributed by atoms with Gasteiger partial charge in [0.1, 0.15) is 0 Å². The van der Waals surface area contributed by atoms with Gasteiger partial charge in [0.05, 0.1) is 0 Å². The highest BCUT2D eigenvalue weighted by Crippen LogP contribution is 2.30. The molecule has 1 aliphatic carbocycles. The summed E-state index contributed by atoms with van der Waals surface area (Å²) in [6, 6.07) is 0. The van der Waals surface area contributed by atoms with E-state index in [9.17, 15) is 0 Å². The van der Waals surface area contributed by atoms with Crippen molar-refractivity contribution in [2.75, 3.05) is 19.7 Å². The largest absolute Gasteiger partial charge is 0.396 e. The Morgan fingerprint density at radius 2 is 2.07 bits per heavy atom. The molecule has 0 aromatic heterocycles. The molecule has 1 aliphatic rings. The average Bonchev–Trinajstić information content (AvgIpc) is 2.25. The van der Waals surface area contributed by atoms with Gasteiger partial charge in [0.15, 0.2) is 0 Å². The zero-order valence-corrected chi connectivity index (χ0v) is 9.47. The standard InChI is InChI=1S/C12H25NO/c1-2-11-5-3-6-12(9-11)10-13-7-4-8-14/h11-14H,2-10H2,1H3. The van der Waals surface area contributed by atoms with Crippen LogP contribution in [0.3, 0.4) is 0 Å². The molecule has 1 fully saturated rings. The Labute approximate surface area is 88.1 Å². The fourth-order valence-corrected chi connectivity index (χ4v) is 2.47. The summed E-state index contributed by atoms with van der Waals surface area (Å²) in [6.45, 7) is 4.77. The minimum absolute atomic E-state index is 0.315. The molecule has 84 valence electrons. The maximum atomic E-state index is 8.64. The molecular weight excluding hydrogens is 174 g/mol. The zero-order chi connectivity index (χ0) is 10.2. The molecule has 0 heterocycles. The van der Waals surface area contributed by atoms with Gasteiger partial charge in [-0.25, -0.2) is 0 Å². The quantitative estimate of drug-likeness (QED) is 0.643. The van der Waals surface area contributed by atoms with Crippen LogP contribution in [0.2, 0.25) is 0 Å². The van der Waals surface area contributed by atoms with Crippen LogP contribution >= 0.6 is 0 Å². The Morgan fingerprint density at radius 1 is 1.29 bits per heavy atom. The number of hydrogen-bond acceptors (Lipinski definition) is 2. The number of nitrogens with one attached hydrogen (secondary N) is 1. The minimum atomic E-state index is 0.315. The van der Waals surface area contributed by atoms with Crippen LogP contribution in [0.1, 0.15) is 45.4 Å². The van der Waals surface area contributed by atoms with Crippen molar-refractivity contribution in [2.24, 2.45) is 11.8 Å². The van der Waals surface area contributed by atoms with Crippen LogP contribution in [0.25, 0.3) is 0 Å². The number of rotatable bonds is 6. The molecule has 0 aliphatic heterocycles. The van der Waals surface area contributed by atoms with Crippen LogP contribution in [-0.2, 0) is 0 Å². The molecule has 2 nitrogen and oxygen atoms in total. The van der Waals surface area contributed by atoms with Crippen LogP contribution in [0.15, 0.2) is 0 Å². The summed E-state index contributed by atoms with van der Waals surface area (Å²) in [6.07, 6.45) is 7.94. The summed E-state index contributed by atoms with van der Waals surface area (Å²) < 4.78 is 0. The van der Waals surface area contributed by atoms with Crippen molar-refractivity contribution in [2.45, 2.75) is 45.4 Å². The molecule has 2 heteroatoms. The lowest BCUT2D eigenvalue weighted by Crippen LogP contribution is -2.28. The van der Waals surface area contributed by atoms with E-state index >= 15 is 0 Å². The third-order valence-electron chi connectivity index (χ3n) is 3.41. The number of hydrogen-bond donors (Lipinski definition) is 2. The molecule has 0 spiro atoms. The summed E-state index contributed by atoms with van der Waals surface area (Å²) >= 11 is 0. The van der Waals surface area contributed by atoms with Gasteiger partial charge in [-0.1, -0.05) is 26.2 Å². The van der Waals surface area contributed by atoms with Gasteiger partial charge in [-0.05, 0) is 44.2 Å². The summed E-state index contributed by atoms with van der Waals surface area (Å²) in [7, 11) is 0. The summed E-state index contributed by atoms with van der Waals surface area (Å²) in [5, 5.41) is 12.1. The predicted octanol–water partition coefficient (Wildman–Crippen LogP) is 2.17. The van der Waals surface area contributed by atoms with E-state index in [0.29, 0.717) is 6.61 Å². The molecule has 0 saturated heterocycles. The van der Waals surface area contributed by atoms with Crippen molar-refractivity contribution in [3.63, 3.8) is 0 Å². The molecule has 14 heavy (non-hydrogen) atoms. The minimum Gasteiger partial charge on any atom is -0.396 e. The molecule has 2 unspecified atom stereocenters. The van der Waals surface area contributed by atoms with Crippen molar-refractivity contribution in [3.05, 3.63) is 0 Å². The first-order valence-corrected chi connectivity index (χ1v) is 6.18. The Kier molecular flexibility index (Phi) is 6.20. The normalized spacial score (nSPS) is 27.9. The first-order chi connectivity index (χ1) is 6.86. The second-order valence-corrected chi connectivity index (χ2v) is 4.59. The van der Waals surface area contributed by atoms with E-state index in [1.807, 2.05) is 0 Å². The van der Waals surface area contributed by atoms with Crippen LogP contribution in [0.4, 0.5) is 0 Å². The van der Waals surface area contributed by atoms with Gasteiger partial charge in [0.2, 0.25) is 0 Å². The fourth-order valence-electron chi connectivity index (χ4n) is 2.47. The number of aliphatic hydroxyl groups excluding tert-OH is 1. The monoisotopic (exact) mass is 199 g/mol. The Morgan fingerprint density at radius 3 is 2.79 bits per heavy atom. The fraction of sp³-hybridized carbons (Fsp3) is 1.00. The third-order valence-corrected chi connectivity index (χ3v) is 3.41. The third kappa shape index (κ3) is 4.43. The molecule has 2 atom stereocenters. The van der Waals surface area contributed by atoms with E-state index in [0.717, 1.165) is 31.3 Å². The van der Waals surface area contributed by atoms with Gasteiger partial charge in [-0.15, -0.1) is 0 Å². The van der Waals surface area contributed by atoms with Gasteiger partial charge in [0.25, 0.3) is 0 Å². The second kappa shape index (κ2) is 7.24. The lowest BCUT2D eigenvalue weighted by Gasteiger charge is -2.28. The molecule has 0 aromatic carbocycles. The highest BCUT2D eigenvalue weighted by atomic mass is 16.3. The van der Waals surface area contributed by atoms with E-state index in [1.165, 1.54) is 32.1 Å². The highest BCUT2D eigenvalue weighted by molar-refractivity contribution is 4.73. The molecule has 0 amide bonds. The van der Waals surface area contributed by atoms with E-state index in [4.69, 9.17) is 5.11 Å². The van der Waals surface area contributed by atoms with Crippen molar-refractivity contribution in [3.8, 4) is 0 Å². The van der Waals surface area contributed by atoms with Crippen molar-refractivity contribution in [1.82, 2.24) is 5.32 Å². The SMILES string of the molecule is CCC1CCCC(CNCCCO)C1.